The van der Waals surface area contributed by atoms with Gasteiger partial charge in [-0.15, -0.1) is 0 Å². The van der Waals surface area contributed by atoms with Crippen molar-refractivity contribution in [2.45, 2.75) is 26.5 Å². The first-order valence-corrected chi connectivity index (χ1v) is 6.27. The Morgan fingerprint density at radius 3 is 2.68 bits per heavy atom. The summed E-state index contributed by atoms with van der Waals surface area (Å²) in [4.78, 5) is 11.5. The number of hydrogen-bond acceptors (Lipinski definition) is 5. The van der Waals surface area contributed by atoms with Gasteiger partial charge in [0.1, 0.15) is 0 Å². The molecule has 0 aliphatic heterocycles. The van der Waals surface area contributed by atoms with Crippen LogP contribution in [0, 0.1) is 0 Å². The molecule has 1 aromatic carbocycles. The predicted octanol–water partition coefficient (Wildman–Crippen LogP) is 1.74. The molecule has 0 heterocycles. The molecule has 0 aliphatic rings. The van der Waals surface area contributed by atoms with Gasteiger partial charge < -0.3 is 19.5 Å². The van der Waals surface area contributed by atoms with Gasteiger partial charge in [-0.05, 0) is 38.6 Å². The maximum absolute atomic E-state index is 11.5. The van der Waals surface area contributed by atoms with Gasteiger partial charge in [-0.2, -0.15) is 0 Å². The lowest BCUT2D eigenvalue weighted by molar-refractivity contribution is -0.150. The minimum Gasteiger partial charge on any atom is -0.493 e. The van der Waals surface area contributed by atoms with E-state index in [-0.39, 0.29) is 5.97 Å². The van der Waals surface area contributed by atoms with E-state index in [1.807, 2.05) is 19.2 Å². The number of carbonyl (C=O) groups excluding carboxylic acids is 1. The molecule has 1 atom stereocenters. The van der Waals surface area contributed by atoms with Crippen molar-refractivity contribution < 1.29 is 19.0 Å². The summed E-state index contributed by atoms with van der Waals surface area (Å²) in [6.07, 6.45) is -0.663. The highest BCUT2D eigenvalue weighted by molar-refractivity contribution is 5.74. The number of carbonyl (C=O) groups is 1. The van der Waals surface area contributed by atoms with Gasteiger partial charge in [0.25, 0.3) is 0 Å². The lowest BCUT2D eigenvalue weighted by atomic mass is 10.2. The molecule has 1 N–H and O–H groups in total. The predicted molar refractivity (Wildman–Crippen MR) is 72.5 cm³/mol. The van der Waals surface area contributed by atoms with Crippen molar-refractivity contribution >= 4 is 5.97 Å². The van der Waals surface area contributed by atoms with E-state index in [9.17, 15) is 4.79 Å². The number of hydrogen-bond donors (Lipinski definition) is 1. The molecule has 0 amide bonds. The van der Waals surface area contributed by atoms with Crippen LogP contribution in [0.15, 0.2) is 18.2 Å². The summed E-state index contributed by atoms with van der Waals surface area (Å²) in [5, 5.41) is 3.06. The molecular weight excluding hydrogens is 246 g/mol. The Balaban J connectivity index is 2.79. The molecule has 19 heavy (non-hydrogen) atoms. The first kappa shape index (κ1) is 15.3. The second-order valence-electron chi connectivity index (χ2n) is 4.03. The van der Waals surface area contributed by atoms with E-state index in [1.54, 1.807) is 27.0 Å². The molecule has 5 heteroatoms. The largest absolute Gasteiger partial charge is 0.493 e. The Hall–Kier alpha value is -1.75. The zero-order valence-corrected chi connectivity index (χ0v) is 11.9. The van der Waals surface area contributed by atoms with Crippen LogP contribution in [0.3, 0.4) is 0 Å². The van der Waals surface area contributed by atoms with Crippen molar-refractivity contribution in [3.8, 4) is 11.5 Å². The van der Waals surface area contributed by atoms with Crippen LogP contribution < -0.4 is 14.8 Å². The number of esters is 1. The van der Waals surface area contributed by atoms with Gasteiger partial charge in [0.2, 0.25) is 0 Å². The third kappa shape index (κ3) is 4.44. The maximum Gasteiger partial charge on any atom is 0.347 e. The smallest absolute Gasteiger partial charge is 0.347 e. The Morgan fingerprint density at radius 1 is 1.37 bits per heavy atom. The second-order valence-corrected chi connectivity index (χ2v) is 4.03. The van der Waals surface area contributed by atoms with E-state index in [0.29, 0.717) is 18.1 Å². The third-order valence-corrected chi connectivity index (χ3v) is 2.53. The average molecular weight is 267 g/mol. The molecule has 0 saturated carbocycles. The topological polar surface area (TPSA) is 56.8 Å². The summed E-state index contributed by atoms with van der Waals surface area (Å²) < 4.78 is 15.7. The number of rotatable bonds is 7. The van der Waals surface area contributed by atoms with Gasteiger partial charge in [0, 0.05) is 6.54 Å². The normalized spacial score (nSPS) is 11.8. The van der Waals surface area contributed by atoms with Gasteiger partial charge in [-0.1, -0.05) is 6.07 Å². The summed E-state index contributed by atoms with van der Waals surface area (Å²) >= 11 is 0. The first-order valence-electron chi connectivity index (χ1n) is 6.27. The number of ether oxygens (including phenoxy) is 3. The molecule has 1 aromatic rings. The van der Waals surface area contributed by atoms with E-state index in [0.717, 1.165) is 12.1 Å². The third-order valence-electron chi connectivity index (χ3n) is 2.53. The summed E-state index contributed by atoms with van der Waals surface area (Å²) in [5.74, 6) is 0.746. The molecule has 106 valence electrons. The van der Waals surface area contributed by atoms with E-state index < -0.39 is 6.10 Å². The van der Waals surface area contributed by atoms with E-state index in [4.69, 9.17) is 14.2 Å². The first-order chi connectivity index (χ1) is 9.12. The zero-order chi connectivity index (χ0) is 14.3. The van der Waals surface area contributed by atoms with Crippen molar-refractivity contribution in [1.82, 2.24) is 5.32 Å². The van der Waals surface area contributed by atoms with Crippen LogP contribution in [0.4, 0.5) is 0 Å². The fourth-order valence-corrected chi connectivity index (χ4v) is 1.62. The number of methoxy groups -OCH3 is 1. The molecule has 1 rings (SSSR count). The Labute approximate surface area is 113 Å². The SMILES string of the molecule is CCOC(=O)C(C)Oc1ccc(CNC)cc1OC. The molecule has 0 fully saturated rings. The quantitative estimate of drug-likeness (QED) is 0.763. The number of benzene rings is 1. The molecule has 0 saturated heterocycles. The van der Waals surface area contributed by atoms with Gasteiger partial charge >= 0.3 is 5.97 Å². The Kier molecular flexibility index (Phi) is 6.15. The van der Waals surface area contributed by atoms with Crippen molar-refractivity contribution in [3.05, 3.63) is 23.8 Å². The van der Waals surface area contributed by atoms with Crippen LogP contribution >= 0.6 is 0 Å². The minimum atomic E-state index is -0.663. The molecule has 0 radical (unpaired) electrons. The van der Waals surface area contributed by atoms with Crippen molar-refractivity contribution in [1.29, 1.82) is 0 Å². The van der Waals surface area contributed by atoms with Gasteiger partial charge in [0.15, 0.2) is 17.6 Å². The molecule has 0 aliphatic carbocycles. The van der Waals surface area contributed by atoms with Crippen LogP contribution in [0.25, 0.3) is 0 Å². The summed E-state index contributed by atoms with van der Waals surface area (Å²) in [6, 6.07) is 5.59. The van der Waals surface area contributed by atoms with Gasteiger partial charge in [-0.25, -0.2) is 4.79 Å². The molecule has 1 unspecified atom stereocenters. The highest BCUT2D eigenvalue weighted by Gasteiger charge is 2.17. The van der Waals surface area contributed by atoms with Crippen molar-refractivity contribution in [3.63, 3.8) is 0 Å². The fourth-order valence-electron chi connectivity index (χ4n) is 1.62. The monoisotopic (exact) mass is 267 g/mol. The van der Waals surface area contributed by atoms with Crippen LogP contribution in [0.1, 0.15) is 19.4 Å². The Bertz CT molecular complexity index is 420. The highest BCUT2D eigenvalue weighted by Crippen LogP contribution is 2.29. The standard InChI is InChI=1S/C14H21NO4/c1-5-18-14(16)10(2)19-12-7-6-11(9-15-3)8-13(12)17-4/h6-8,10,15H,5,9H2,1-4H3. The molecule has 0 bridgehead atoms. The van der Waals surface area contributed by atoms with Crippen molar-refractivity contribution in [2.24, 2.45) is 0 Å². The van der Waals surface area contributed by atoms with Crippen LogP contribution in [-0.2, 0) is 16.1 Å². The fraction of sp³-hybridized carbons (Fsp3) is 0.500. The maximum atomic E-state index is 11.5. The van der Waals surface area contributed by atoms with Crippen LogP contribution in [0.2, 0.25) is 0 Å². The van der Waals surface area contributed by atoms with E-state index >= 15 is 0 Å². The van der Waals surface area contributed by atoms with Crippen LogP contribution in [-0.4, -0.2) is 32.8 Å². The average Bonchev–Trinajstić information content (AvgIpc) is 2.41. The zero-order valence-electron chi connectivity index (χ0n) is 11.9. The summed E-state index contributed by atoms with van der Waals surface area (Å²) in [6.45, 7) is 4.49. The second kappa shape index (κ2) is 7.63. The molecule has 5 nitrogen and oxygen atoms in total. The lowest BCUT2D eigenvalue weighted by Gasteiger charge is -2.16. The van der Waals surface area contributed by atoms with Gasteiger partial charge in [-0.3, -0.25) is 0 Å². The van der Waals surface area contributed by atoms with E-state index in [2.05, 4.69) is 5.32 Å². The molecule has 0 spiro atoms. The summed E-state index contributed by atoms with van der Waals surface area (Å²) in [7, 11) is 3.44. The number of nitrogens with one attached hydrogen (secondary N) is 1. The van der Waals surface area contributed by atoms with Crippen LogP contribution in [0.5, 0.6) is 11.5 Å². The summed E-state index contributed by atoms with van der Waals surface area (Å²) in [5.41, 5.74) is 1.08. The Morgan fingerprint density at radius 2 is 2.11 bits per heavy atom. The minimum absolute atomic E-state index is 0.338. The lowest BCUT2D eigenvalue weighted by Crippen LogP contribution is -2.26. The van der Waals surface area contributed by atoms with E-state index in [1.165, 1.54) is 0 Å². The highest BCUT2D eigenvalue weighted by atomic mass is 16.6. The molecule has 0 aromatic heterocycles. The van der Waals surface area contributed by atoms with Gasteiger partial charge in [0.05, 0.1) is 13.7 Å². The molecular formula is C14H21NO4. The van der Waals surface area contributed by atoms with Crippen molar-refractivity contribution in [2.75, 3.05) is 20.8 Å².